The van der Waals surface area contributed by atoms with Crippen LogP contribution in [-0.4, -0.2) is 59.8 Å². The third-order valence-corrected chi connectivity index (χ3v) is 4.42. The van der Waals surface area contributed by atoms with E-state index < -0.39 is 5.91 Å². The van der Waals surface area contributed by atoms with Crippen LogP contribution in [0.4, 0.5) is 5.95 Å². The summed E-state index contributed by atoms with van der Waals surface area (Å²) in [6.07, 6.45) is 0.887. The van der Waals surface area contributed by atoms with Crippen molar-refractivity contribution in [3.05, 3.63) is 17.7 Å². The standard InChI is InChI=1S/C17H25N5O3.2C2H6/c1-2-22-15-13(20-17(22)19)10-12(16(18)23)11-14(15)25-7-3-4-21-5-8-24-9-6-21;2*1-2/h10-11H,2-9H2,1H3,(H2,18,23)(H2,19,20);2*1-2H3. The first-order valence-corrected chi connectivity index (χ1v) is 10.6. The van der Waals surface area contributed by atoms with Crippen molar-refractivity contribution < 1.29 is 14.3 Å². The molecule has 1 fully saturated rings. The van der Waals surface area contributed by atoms with Crippen molar-refractivity contribution in [3.63, 3.8) is 0 Å². The number of nitrogens with zero attached hydrogens (tertiary/aromatic N) is 3. The van der Waals surface area contributed by atoms with Gasteiger partial charge in [-0.25, -0.2) is 4.98 Å². The van der Waals surface area contributed by atoms with Gasteiger partial charge in [0.05, 0.1) is 25.3 Å². The Hall–Kier alpha value is -2.32. The molecule has 8 heteroatoms. The first-order valence-electron chi connectivity index (χ1n) is 10.6. The number of aryl methyl sites for hydroxylation is 1. The van der Waals surface area contributed by atoms with Crippen LogP contribution in [0.15, 0.2) is 12.1 Å². The van der Waals surface area contributed by atoms with Crippen molar-refractivity contribution in [1.29, 1.82) is 0 Å². The van der Waals surface area contributed by atoms with E-state index in [-0.39, 0.29) is 0 Å². The van der Waals surface area contributed by atoms with E-state index >= 15 is 0 Å². The van der Waals surface area contributed by atoms with E-state index in [1.54, 1.807) is 12.1 Å². The third kappa shape index (κ3) is 6.61. The number of hydrogen-bond acceptors (Lipinski definition) is 6. The molecule has 0 spiro atoms. The molecule has 3 rings (SSSR count). The van der Waals surface area contributed by atoms with Gasteiger partial charge in [-0.3, -0.25) is 9.69 Å². The van der Waals surface area contributed by atoms with Crippen LogP contribution < -0.4 is 16.2 Å². The number of anilines is 1. The van der Waals surface area contributed by atoms with Crippen LogP contribution in [-0.2, 0) is 11.3 Å². The highest BCUT2D eigenvalue weighted by Gasteiger charge is 2.16. The largest absolute Gasteiger partial charge is 0.491 e. The monoisotopic (exact) mass is 407 g/mol. The molecule has 2 heterocycles. The van der Waals surface area contributed by atoms with Crippen molar-refractivity contribution in [1.82, 2.24) is 14.5 Å². The van der Waals surface area contributed by atoms with Crippen molar-refractivity contribution in [2.75, 3.05) is 45.2 Å². The van der Waals surface area contributed by atoms with E-state index in [4.69, 9.17) is 20.9 Å². The maximum atomic E-state index is 11.6. The Morgan fingerprint density at radius 2 is 1.86 bits per heavy atom. The van der Waals surface area contributed by atoms with Crippen LogP contribution in [0.2, 0.25) is 0 Å². The fourth-order valence-electron chi connectivity index (χ4n) is 3.12. The normalized spacial score (nSPS) is 13.8. The van der Waals surface area contributed by atoms with Crippen LogP contribution in [0, 0.1) is 0 Å². The molecule has 0 saturated carbocycles. The number of primary amides is 1. The van der Waals surface area contributed by atoms with E-state index in [1.807, 2.05) is 39.2 Å². The van der Waals surface area contributed by atoms with Crippen LogP contribution >= 0.6 is 0 Å². The summed E-state index contributed by atoms with van der Waals surface area (Å²) in [6.45, 7) is 15.7. The molecule has 0 unspecified atom stereocenters. The summed E-state index contributed by atoms with van der Waals surface area (Å²) >= 11 is 0. The molecule has 1 amide bonds. The number of rotatable bonds is 7. The van der Waals surface area contributed by atoms with Crippen LogP contribution in [0.25, 0.3) is 11.0 Å². The number of hydrogen-bond donors (Lipinski definition) is 2. The average Bonchev–Trinajstić information content (AvgIpc) is 3.09. The Morgan fingerprint density at radius 1 is 1.21 bits per heavy atom. The molecule has 4 N–H and O–H groups in total. The topological polar surface area (TPSA) is 109 Å². The van der Waals surface area contributed by atoms with Crippen LogP contribution in [0.5, 0.6) is 5.75 Å². The number of carbonyl (C=O) groups excluding carboxylic acids is 1. The minimum absolute atomic E-state index is 0.372. The van der Waals surface area contributed by atoms with E-state index in [0.29, 0.717) is 35.9 Å². The number of benzene rings is 1. The zero-order valence-electron chi connectivity index (χ0n) is 18.5. The van der Waals surface area contributed by atoms with E-state index in [0.717, 1.165) is 44.8 Å². The minimum atomic E-state index is -0.510. The number of amides is 1. The molecule has 29 heavy (non-hydrogen) atoms. The zero-order chi connectivity index (χ0) is 21.8. The highest BCUT2D eigenvalue weighted by Crippen LogP contribution is 2.30. The molecule has 0 bridgehead atoms. The van der Waals surface area contributed by atoms with Gasteiger partial charge in [-0.2, -0.15) is 0 Å². The number of morpholine rings is 1. The SMILES string of the molecule is CC.CC.CCn1c(N)nc2cc(C(N)=O)cc(OCCCN3CCOCC3)c21. The van der Waals surface area contributed by atoms with Crippen LogP contribution in [0.3, 0.4) is 0 Å². The van der Waals surface area contributed by atoms with Crippen molar-refractivity contribution in [3.8, 4) is 5.75 Å². The summed E-state index contributed by atoms with van der Waals surface area (Å²) in [6, 6.07) is 3.33. The summed E-state index contributed by atoms with van der Waals surface area (Å²) in [5.41, 5.74) is 13.2. The Morgan fingerprint density at radius 3 is 2.45 bits per heavy atom. The fraction of sp³-hybridized carbons (Fsp3) is 0.619. The lowest BCUT2D eigenvalue weighted by atomic mass is 10.1. The van der Waals surface area contributed by atoms with Crippen molar-refractivity contribution in [2.45, 2.75) is 47.6 Å². The smallest absolute Gasteiger partial charge is 0.248 e. The molecule has 2 aromatic rings. The van der Waals surface area contributed by atoms with Gasteiger partial charge in [0.15, 0.2) is 0 Å². The summed E-state index contributed by atoms with van der Waals surface area (Å²) < 4.78 is 13.2. The molecule has 164 valence electrons. The molecule has 1 aromatic heterocycles. The number of nitrogen functional groups attached to an aromatic ring is 1. The van der Waals surface area contributed by atoms with Gasteiger partial charge in [0.2, 0.25) is 11.9 Å². The minimum Gasteiger partial charge on any atom is -0.491 e. The molecule has 1 aliphatic rings. The first-order chi connectivity index (χ1) is 14.1. The number of nitrogens with two attached hydrogens (primary N) is 2. The molecule has 0 aliphatic carbocycles. The van der Waals surface area contributed by atoms with Gasteiger partial charge in [0, 0.05) is 31.7 Å². The van der Waals surface area contributed by atoms with Crippen molar-refractivity contribution in [2.24, 2.45) is 5.73 Å². The summed E-state index contributed by atoms with van der Waals surface area (Å²) in [4.78, 5) is 18.3. The van der Waals surface area contributed by atoms with Gasteiger partial charge in [0.1, 0.15) is 11.3 Å². The summed E-state index contributed by atoms with van der Waals surface area (Å²) in [5, 5.41) is 0. The van der Waals surface area contributed by atoms with Gasteiger partial charge in [0.25, 0.3) is 0 Å². The molecule has 8 nitrogen and oxygen atoms in total. The molecule has 0 atom stereocenters. The Balaban J connectivity index is 0.000000989. The Labute approximate surface area is 174 Å². The quantitative estimate of drug-likeness (QED) is 0.683. The fourth-order valence-corrected chi connectivity index (χ4v) is 3.12. The highest BCUT2D eigenvalue weighted by molar-refractivity contribution is 5.98. The first kappa shape index (κ1) is 24.7. The Kier molecular flexibility index (Phi) is 11.1. The maximum Gasteiger partial charge on any atom is 0.248 e. The predicted octanol–water partition coefficient (Wildman–Crippen LogP) is 2.89. The number of carbonyl (C=O) groups is 1. The highest BCUT2D eigenvalue weighted by atomic mass is 16.5. The third-order valence-electron chi connectivity index (χ3n) is 4.42. The lowest BCUT2D eigenvalue weighted by Crippen LogP contribution is -2.37. The van der Waals surface area contributed by atoms with Gasteiger partial charge < -0.3 is 25.5 Å². The second kappa shape index (κ2) is 13.0. The van der Waals surface area contributed by atoms with Gasteiger partial charge in [-0.1, -0.05) is 27.7 Å². The van der Waals surface area contributed by atoms with E-state index in [1.165, 1.54) is 0 Å². The molecular formula is C21H37N5O3. The molecule has 1 aliphatic heterocycles. The number of aromatic nitrogens is 2. The molecule has 1 saturated heterocycles. The van der Waals surface area contributed by atoms with Crippen molar-refractivity contribution >= 4 is 22.9 Å². The lowest BCUT2D eigenvalue weighted by molar-refractivity contribution is 0.0358. The van der Waals surface area contributed by atoms with Gasteiger partial charge >= 0.3 is 0 Å². The van der Waals surface area contributed by atoms with E-state index in [9.17, 15) is 4.79 Å². The van der Waals surface area contributed by atoms with Crippen LogP contribution in [0.1, 0.15) is 51.4 Å². The zero-order valence-corrected chi connectivity index (χ0v) is 18.5. The summed E-state index contributed by atoms with van der Waals surface area (Å²) in [5.74, 6) is 0.487. The lowest BCUT2D eigenvalue weighted by Gasteiger charge is -2.26. The molecule has 0 radical (unpaired) electrons. The molecular weight excluding hydrogens is 370 g/mol. The summed E-state index contributed by atoms with van der Waals surface area (Å²) in [7, 11) is 0. The van der Waals surface area contributed by atoms with Gasteiger partial charge in [-0.05, 0) is 25.5 Å². The number of imidazole rings is 1. The maximum absolute atomic E-state index is 11.6. The predicted molar refractivity (Wildman–Crippen MR) is 118 cm³/mol. The van der Waals surface area contributed by atoms with Gasteiger partial charge in [-0.15, -0.1) is 0 Å². The number of ether oxygens (including phenoxy) is 2. The average molecular weight is 408 g/mol. The van der Waals surface area contributed by atoms with E-state index in [2.05, 4.69) is 9.88 Å². The Bertz CT molecular complexity index is 754. The number of fused-ring (bicyclic) bond motifs is 1. The second-order valence-electron chi connectivity index (χ2n) is 6.08. The second-order valence-corrected chi connectivity index (χ2v) is 6.08. The molecule has 1 aromatic carbocycles.